The fraction of sp³-hybridized carbons (Fsp3) is 0.200. The standard InChI is InChI=1S/C10H6ClF3N2O2/c11-9-15-7(10(12,13)14)4-8(16-9)18-5-6-2-1-3-17-6/h1-4H,5H2. The summed E-state index contributed by atoms with van der Waals surface area (Å²) in [6.45, 7) is -0.0440. The van der Waals surface area contributed by atoms with Crippen molar-refractivity contribution < 1.29 is 22.3 Å². The molecule has 0 aliphatic carbocycles. The van der Waals surface area contributed by atoms with Crippen molar-refractivity contribution >= 4 is 11.6 Å². The summed E-state index contributed by atoms with van der Waals surface area (Å²) in [5.74, 6) is 0.192. The molecule has 0 atom stereocenters. The highest BCUT2D eigenvalue weighted by atomic mass is 35.5. The van der Waals surface area contributed by atoms with Crippen LogP contribution < -0.4 is 4.74 Å². The molecule has 2 rings (SSSR count). The van der Waals surface area contributed by atoms with Gasteiger partial charge in [-0.1, -0.05) is 0 Å². The number of ether oxygens (including phenoxy) is 1. The summed E-state index contributed by atoms with van der Waals surface area (Å²) >= 11 is 5.39. The van der Waals surface area contributed by atoms with Crippen LogP contribution in [0.2, 0.25) is 5.28 Å². The summed E-state index contributed by atoms with van der Waals surface area (Å²) in [7, 11) is 0. The molecule has 2 heterocycles. The molecular weight excluding hydrogens is 273 g/mol. The molecule has 0 fully saturated rings. The zero-order chi connectivity index (χ0) is 13.2. The molecule has 2 aromatic rings. The maximum absolute atomic E-state index is 12.4. The van der Waals surface area contributed by atoms with Crippen molar-refractivity contribution in [2.75, 3.05) is 0 Å². The first-order chi connectivity index (χ1) is 8.45. The summed E-state index contributed by atoms with van der Waals surface area (Å²) in [5, 5.41) is -0.528. The van der Waals surface area contributed by atoms with E-state index in [9.17, 15) is 13.2 Å². The van der Waals surface area contributed by atoms with Gasteiger partial charge in [0.1, 0.15) is 12.4 Å². The lowest BCUT2D eigenvalue weighted by atomic mass is 10.4. The number of aromatic nitrogens is 2. The van der Waals surface area contributed by atoms with Crippen LogP contribution >= 0.6 is 11.6 Å². The molecule has 0 spiro atoms. The van der Waals surface area contributed by atoms with Crippen LogP contribution in [-0.2, 0) is 12.8 Å². The second-order valence-electron chi connectivity index (χ2n) is 3.23. The van der Waals surface area contributed by atoms with Crippen molar-refractivity contribution in [2.24, 2.45) is 0 Å². The molecule has 96 valence electrons. The molecule has 0 saturated heterocycles. The van der Waals surface area contributed by atoms with E-state index < -0.39 is 17.2 Å². The molecule has 0 amide bonds. The summed E-state index contributed by atoms with van der Waals surface area (Å²) in [5.41, 5.74) is -1.16. The van der Waals surface area contributed by atoms with E-state index in [-0.39, 0.29) is 12.5 Å². The van der Waals surface area contributed by atoms with E-state index in [1.165, 1.54) is 6.26 Å². The van der Waals surface area contributed by atoms with Crippen molar-refractivity contribution in [3.63, 3.8) is 0 Å². The highest BCUT2D eigenvalue weighted by Crippen LogP contribution is 2.30. The lowest BCUT2D eigenvalue weighted by molar-refractivity contribution is -0.141. The number of nitrogens with zero attached hydrogens (tertiary/aromatic N) is 2. The first-order valence-corrected chi connectivity index (χ1v) is 5.10. The predicted molar refractivity (Wildman–Crippen MR) is 55.1 cm³/mol. The van der Waals surface area contributed by atoms with Crippen LogP contribution in [0.3, 0.4) is 0 Å². The van der Waals surface area contributed by atoms with Gasteiger partial charge in [0, 0.05) is 6.07 Å². The minimum Gasteiger partial charge on any atom is -0.469 e. The molecule has 0 radical (unpaired) electrons. The Kier molecular flexibility index (Phi) is 3.42. The summed E-state index contributed by atoms with van der Waals surface area (Å²) in [6.07, 6.45) is -3.18. The highest BCUT2D eigenvalue weighted by Gasteiger charge is 2.33. The number of rotatable bonds is 3. The van der Waals surface area contributed by atoms with Gasteiger partial charge in [-0.25, -0.2) is 4.98 Å². The Labute approximate surface area is 104 Å². The minimum atomic E-state index is -4.60. The van der Waals surface area contributed by atoms with Crippen LogP contribution in [0, 0.1) is 0 Å². The number of hydrogen-bond acceptors (Lipinski definition) is 4. The quantitative estimate of drug-likeness (QED) is 0.808. The van der Waals surface area contributed by atoms with Gasteiger partial charge < -0.3 is 9.15 Å². The van der Waals surface area contributed by atoms with Crippen LogP contribution in [0.15, 0.2) is 28.9 Å². The summed E-state index contributed by atoms with van der Waals surface area (Å²) in [4.78, 5) is 6.61. The first kappa shape index (κ1) is 12.7. The Morgan fingerprint density at radius 2 is 2.11 bits per heavy atom. The minimum absolute atomic E-state index is 0.0440. The van der Waals surface area contributed by atoms with Crippen molar-refractivity contribution in [3.05, 3.63) is 41.2 Å². The molecule has 0 saturated carbocycles. The van der Waals surface area contributed by atoms with Crippen LogP contribution in [-0.4, -0.2) is 9.97 Å². The monoisotopic (exact) mass is 278 g/mol. The van der Waals surface area contributed by atoms with E-state index >= 15 is 0 Å². The Morgan fingerprint density at radius 3 is 2.72 bits per heavy atom. The Balaban J connectivity index is 2.15. The van der Waals surface area contributed by atoms with E-state index in [0.29, 0.717) is 11.8 Å². The van der Waals surface area contributed by atoms with Crippen molar-refractivity contribution in [1.29, 1.82) is 0 Å². The lowest BCUT2D eigenvalue weighted by Gasteiger charge is -2.08. The second-order valence-corrected chi connectivity index (χ2v) is 3.56. The molecule has 0 bridgehead atoms. The maximum Gasteiger partial charge on any atom is 0.433 e. The van der Waals surface area contributed by atoms with Crippen molar-refractivity contribution in [3.8, 4) is 5.88 Å². The van der Waals surface area contributed by atoms with E-state index in [1.54, 1.807) is 12.1 Å². The van der Waals surface area contributed by atoms with Crippen molar-refractivity contribution in [1.82, 2.24) is 9.97 Å². The third-order valence-electron chi connectivity index (χ3n) is 1.91. The lowest BCUT2D eigenvalue weighted by Crippen LogP contribution is -2.09. The fourth-order valence-corrected chi connectivity index (χ4v) is 1.33. The molecular formula is C10H6ClF3N2O2. The smallest absolute Gasteiger partial charge is 0.433 e. The second kappa shape index (κ2) is 4.85. The molecule has 0 unspecified atom stereocenters. The summed E-state index contributed by atoms with van der Waals surface area (Å²) < 4.78 is 47.3. The molecule has 0 aromatic carbocycles. The molecule has 8 heteroatoms. The van der Waals surface area contributed by atoms with E-state index in [0.717, 1.165) is 0 Å². The van der Waals surface area contributed by atoms with Crippen LogP contribution in [0.5, 0.6) is 5.88 Å². The van der Waals surface area contributed by atoms with Gasteiger partial charge in [-0.15, -0.1) is 0 Å². The molecule has 0 N–H and O–H groups in total. The zero-order valence-electron chi connectivity index (χ0n) is 8.74. The van der Waals surface area contributed by atoms with Gasteiger partial charge >= 0.3 is 6.18 Å². The molecule has 18 heavy (non-hydrogen) atoms. The van der Waals surface area contributed by atoms with Crippen LogP contribution in [0.1, 0.15) is 11.5 Å². The predicted octanol–water partition coefficient (Wildman–Crippen LogP) is 3.32. The third-order valence-corrected chi connectivity index (χ3v) is 2.08. The third kappa shape index (κ3) is 3.13. The highest BCUT2D eigenvalue weighted by molar-refractivity contribution is 6.28. The van der Waals surface area contributed by atoms with E-state index in [4.69, 9.17) is 20.8 Å². The molecule has 0 aliphatic heterocycles. The number of hydrogen-bond donors (Lipinski definition) is 0. The Morgan fingerprint density at radius 1 is 1.33 bits per heavy atom. The average Bonchev–Trinajstić information content (AvgIpc) is 2.77. The largest absolute Gasteiger partial charge is 0.469 e. The van der Waals surface area contributed by atoms with Gasteiger partial charge in [0.2, 0.25) is 11.2 Å². The maximum atomic E-state index is 12.4. The van der Waals surface area contributed by atoms with Crippen LogP contribution in [0.4, 0.5) is 13.2 Å². The number of halogens is 4. The topological polar surface area (TPSA) is 48.2 Å². The van der Waals surface area contributed by atoms with Gasteiger partial charge in [0.05, 0.1) is 6.26 Å². The van der Waals surface area contributed by atoms with Gasteiger partial charge in [-0.2, -0.15) is 18.2 Å². The number of alkyl halides is 3. The first-order valence-electron chi connectivity index (χ1n) is 4.72. The zero-order valence-corrected chi connectivity index (χ0v) is 9.50. The number of furan rings is 1. The van der Waals surface area contributed by atoms with Gasteiger partial charge in [-0.05, 0) is 23.7 Å². The van der Waals surface area contributed by atoms with Crippen LogP contribution in [0.25, 0.3) is 0 Å². The average molecular weight is 279 g/mol. The summed E-state index contributed by atoms with van der Waals surface area (Å²) in [6, 6.07) is 3.93. The molecule has 0 aliphatic rings. The Bertz CT molecular complexity index is 528. The molecule has 4 nitrogen and oxygen atoms in total. The van der Waals surface area contributed by atoms with E-state index in [1.807, 2.05) is 0 Å². The fourth-order valence-electron chi connectivity index (χ4n) is 1.16. The van der Waals surface area contributed by atoms with Gasteiger partial charge in [-0.3, -0.25) is 0 Å². The van der Waals surface area contributed by atoms with Gasteiger partial charge in [0.15, 0.2) is 5.69 Å². The SMILES string of the molecule is FC(F)(F)c1cc(OCc2ccco2)nc(Cl)n1. The Hall–Kier alpha value is -1.76. The van der Waals surface area contributed by atoms with E-state index in [2.05, 4.69) is 9.97 Å². The van der Waals surface area contributed by atoms with Gasteiger partial charge in [0.25, 0.3) is 0 Å². The van der Waals surface area contributed by atoms with Crippen molar-refractivity contribution in [2.45, 2.75) is 12.8 Å². The molecule has 2 aromatic heterocycles. The normalized spacial score (nSPS) is 11.6.